The predicted octanol–water partition coefficient (Wildman–Crippen LogP) is 5.70. The average Bonchev–Trinajstić information content (AvgIpc) is 2.71. The lowest BCUT2D eigenvalue weighted by Gasteiger charge is -2.25. The summed E-state index contributed by atoms with van der Waals surface area (Å²) in [6.07, 6.45) is 0. The van der Waals surface area contributed by atoms with Crippen LogP contribution in [-0.4, -0.2) is 17.4 Å². The fourth-order valence-electron chi connectivity index (χ4n) is 2.75. The number of halogens is 1. The molecule has 0 saturated carbocycles. The summed E-state index contributed by atoms with van der Waals surface area (Å²) in [6.45, 7) is 5.31. The van der Waals surface area contributed by atoms with E-state index in [4.69, 9.17) is 16.3 Å². The SMILES string of the molecule is Cc1cccc(C(=O)Nc2ccc(NC(=O)C(C)(C)Oc3ccc(Cl)cc3)cc2)c1. The van der Waals surface area contributed by atoms with Crippen LogP contribution in [0.1, 0.15) is 29.8 Å². The van der Waals surface area contributed by atoms with E-state index in [1.165, 1.54) is 0 Å². The van der Waals surface area contributed by atoms with E-state index in [0.29, 0.717) is 27.7 Å². The van der Waals surface area contributed by atoms with Gasteiger partial charge in [0, 0.05) is 22.0 Å². The van der Waals surface area contributed by atoms with Crippen molar-refractivity contribution in [1.29, 1.82) is 0 Å². The smallest absolute Gasteiger partial charge is 0.267 e. The number of hydrogen-bond donors (Lipinski definition) is 2. The van der Waals surface area contributed by atoms with Gasteiger partial charge < -0.3 is 15.4 Å². The van der Waals surface area contributed by atoms with Gasteiger partial charge in [-0.25, -0.2) is 0 Å². The zero-order chi connectivity index (χ0) is 21.7. The first-order valence-electron chi connectivity index (χ1n) is 9.47. The van der Waals surface area contributed by atoms with Crippen molar-refractivity contribution in [2.45, 2.75) is 26.4 Å². The summed E-state index contributed by atoms with van der Waals surface area (Å²) in [5.41, 5.74) is 1.75. The molecule has 154 valence electrons. The summed E-state index contributed by atoms with van der Waals surface area (Å²) in [7, 11) is 0. The number of nitrogens with one attached hydrogen (secondary N) is 2. The van der Waals surface area contributed by atoms with Gasteiger partial charge >= 0.3 is 0 Å². The second-order valence-corrected chi connectivity index (χ2v) is 7.86. The second-order valence-electron chi connectivity index (χ2n) is 7.42. The molecule has 0 aliphatic carbocycles. The highest BCUT2D eigenvalue weighted by molar-refractivity contribution is 6.30. The molecule has 0 radical (unpaired) electrons. The molecule has 0 spiro atoms. The molecule has 0 bridgehead atoms. The Hall–Kier alpha value is -3.31. The average molecular weight is 423 g/mol. The lowest BCUT2D eigenvalue weighted by molar-refractivity contribution is -0.128. The molecule has 0 heterocycles. The van der Waals surface area contributed by atoms with Crippen molar-refractivity contribution in [2.75, 3.05) is 10.6 Å². The van der Waals surface area contributed by atoms with Gasteiger partial charge in [0.1, 0.15) is 5.75 Å². The van der Waals surface area contributed by atoms with Crippen LogP contribution < -0.4 is 15.4 Å². The fourth-order valence-corrected chi connectivity index (χ4v) is 2.88. The number of carbonyl (C=O) groups is 2. The van der Waals surface area contributed by atoms with Crippen molar-refractivity contribution in [2.24, 2.45) is 0 Å². The minimum absolute atomic E-state index is 0.187. The van der Waals surface area contributed by atoms with E-state index in [2.05, 4.69) is 10.6 Å². The molecular weight excluding hydrogens is 400 g/mol. The predicted molar refractivity (Wildman–Crippen MR) is 120 cm³/mol. The lowest BCUT2D eigenvalue weighted by Crippen LogP contribution is -2.42. The van der Waals surface area contributed by atoms with Gasteiger partial charge in [0.2, 0.25) is 0 Å². The normalized spacial score (nSPS) is 10.9. The minimum atomic E-state index is -1.09. The van der Waals surface area contributed by atoms with Gasteiger partial charge in [-0.05, 0) is 81.4 Å². The topological polar surface area (TPSA) is 67.4 Å². The van der Waals surface area contributed by atoms with Gasteiger partial charge in [0.25, 0.3) is 11.8 Å². The number of aryl methyl sites for hydroxylation is 1. The molecule has 3 aromatic carbocycles. The number of rotatable bonds is 6. The van der Waals surface area contributed by atoms with E-state index >= 15 is 0 Å². The Morgan fingerprint density at radius 2 is 1.47 bits per heavy atom. The number of anilines is 2. The van der Waals surface area contributed by atoms with Gasteiger partial charge in [-0.2, -0.15) is 0 Å². The Kier molecular flexibility index (Phi) is 6.43. The van der Waals surface area contributed by atoms with Gasteiger partial charge in [-0.15, -0.1) is 0 Å². The highest BCUT2D eigenvalue weighted by Gasteiger charge is 2.30. The third-order valence-electron chi connectivity index (χ3n) is 4.41. The van der Waals surface area contributed by atoms with E-state index in [1.807, 2.05) is 25.1 Å². The van der Waals surface area contributed by atoms with E-state index < -0.39 is 5.60 Å². The Balaban J connectivity index is 1.61. The Morgan fingerprint density at radius 3 is 2.07 bits per heavy atom. The van der Waals surface area contributed by atoms with Crippen molar-refractivity contribution in [1.82, 2.24) is 0 Å². The molecule has 3 aromatic rings. The number of carbonyl (C=O) groups excluding carboxylic acids is 2. The molecule has 2 N–H and O–H groups in total. The number of hydrogen-bond acceptors (Lipinski definition) is 3. The quantitative estimate of drug-likeness (QED) is 0.535. The summed E-state index contributed by atoms with van der Waals surface area (Å²) in [5, 5.41) is 6.27. The van der Waals surface area contributed by atoms with Crippen molar-refractivity contribution in [3.8, 4) is 5.75 Å². The highest BCUT2D eigenvalue weighted by atomic mass is 35.5. The maximum atomic E-state index is 12.7. The fraction of sp³-hybridized carbons (Fsp3) is 0.167. The summed E-state index contributed by atoms with van der Waals surface area (Å²) in [6, 6.07) is 21.1. The Bertz CT molecular complexity index is 1040. The molecule has 5 nitrogen and oxygen atoms in total. The van der Waals surface area contributed by atoms with Crippen LogP contribution in [0.15, 0.2) is 72.8 Å². The molecule has 0 fully saturated rings. The third-order valence-corrected chi connectivity index (χ3v) is 4.67. The van der Waals surface area contributed by atoms with E-state index in [-0.39, 0.29) is 11.8 Å². The molecule has 3 rings (SSSR count). The first-order chi connectivity index (χ1) is 14.2. The van der Waals surface area contributed by atoms with Crippen molar-refractivity contribution in [3.05, 3.63) is 88.9 Å². The van der Waals surface area contributed by atoms with Crippen molar-refractivity contribution in [3.63, 3.8) is 0 Å². The Morgan fingerprint density at radius 1 is 0.867 bits per heavy atom. The molecule has 0 saturated heterocycles. The van der Waals surface area contributed by atoms with Crippen LogP contribution in [0.5, 0.6) is 5.75 Å². The van der Waals surface area contributed by atoms with Gasteiger partial charge in [-0.3, -0.25) is 9.59 Å². The molecule has 6 heteroatoms. The maximum Gasteiger partial charge on any atom is 0.267 e. The number of ether oxygens (including phenoxy) is 1. The molecule has 0 aromatic heterocycles. The van der Waals surface area contributed by atoms with Crippen LogP contribution >= 0.6 is 11.6 Å². The molecule has 2 amide bonds. The molecule has 0 aliphatic heterocycles. The molecular formula is C24H23ClN2O3. The Labute approximate surface area is 181 Å². The van der Waals surface area contributed by atoms with Crippen molar-refractivity contribution < 1.29 is 14.3 Å². The van der Waals surface area contributed by atoms with Crippen LogP contribution in [0.4, 0.5) is 11.4 Å². The zero-order valence-corrected chi connectivity index (χ0v) is 17.8. The van der Waals surface area contributed by atoms with Crippen LogP contribution in [0.25, 0.3) is 0 Å². The number of amides is 2. The van der Waals surface area contributed by atoms with Gasteiger partial charge in [0.05, 0.1) is 0 Å². The standard InChI is InChI=1S/C24H23ClN2O3/c1-16-5-4-6-17(15-16)22(28)26-19-9-11-20(12-10-19)27-23(29)24(2,3)30-21-13-7-18(25)8-14-21/h4-15H,1-3H3,(H,26,28)(H,27,29). The third kappa shape index (κ3) is 5.61. The summed E-state index contributed by atoms with van der Waals surface area (Å²) >= 11 is 5.88. The number of benzene rings is 3. The van der Waals surface area contributed by atoms with Crippen molar-refractivity contribution >= 4 is 34.8 Å². The van der Waals surface area contributed by atoms with Crippen LogP contribution in [-0.2, 0) is 4.79 Å². The lowest BCUT2D eigenvalue weighted by atomic mass is 10.1. The van der Waals surface area contributed by atoms with E-state index in [1.54, 1.807) is 68.4 Å². The van der Waals surface area contributed by atoms with Gasteiger partial charge in [-0.1, -0.05) is 29.3 Å². The summed E-state index contributed by atoms with van der Waals surface area (Å²) in [4.78, 5) is 25.0. The van der Waals surface area contributed by atoms with Crippen LogP contribution in [0, 0.1) is 6.92 Å². The highest BCUT2D eigenvalue weighted by Crippen LogP contribution is 2.23. The van der Waals surface area contributed by atoms with E-state index in [0.717, 1.165) is 5.56 Å². The monoisotopic (exact) mass is 422 g/mol. The summed E-state index contributed by atoms with van der Waals surface area (Å²) in [5.74, 6) is 0.0655. The molecule has 0 atom stereocenters. The van der Waals surface area contributed by atoms with Crippen LogP contribution in [0.3, 0.4) is 0 Å². The minimum Gasteiger partial charge on any atom is -0.478 e. The maximum absolute atomic E-state index is 12.7. The second kappa shape index (κ2) is 9.01. The molecule has 0 unspecified atom stereocenters. The zero-order valence-electron chi connectivity index (χ0n) is 17.0. The largest absolute Gasteiger partial charge is 0.478 e. The van der Waals surface area contributed by atoms with E-state index in [9.17, 15) is 9.59 Å². The first-order valence-corrected chi connectivity index (χ1v) is 9.85. The summed E-state index contributed by atoms with van der Waals surface area (Å²) < 4.78 is 5.80. The molecule has 0 aliphatic rings. The van der Waals surface area contributed by atoms with Crippen LogP contribution in [0.2, 0.25) is 5.02 Å². The molecule has 30 heavy (non-hydrogen) atoms. The first kappa shape index (κ1) is 21.4. The van der Waals surface area contributed by atoms with Gasteiger partial charge in [0.15, 0.2) is 5.60 Å².